The third-order valence-corrected chi connectivity index (χ3v) is 6.25. The van der Waals surface area contributed by atoms with Crippen LogP contribution in [-0.4, -0.2) is 40.6 Å². The number of nitrogens with zero attached hydrogens (tertiary/aromatic N) is 6. The lowest BCUT2D eigenvalue weighted by Crippen LogP contribution is -2.29. The summed E-state index contributed by atoms with van der Waals surface area (Å²) >= 11 is 0. The maximum absolute atomic E-state index is 13.9. The Labute approximate surface area is 189 Å². The average Bonchev–Trinajstić information content (AvgIpc) is 3.41. The van der Waals surface area contributed by atoms with E-state index in [4.69, 9.17) is 9.97 Å². The zero-order valence-corrected chi connectivity index (χ0v) is 18.4. The summed E-state index contributed by atoms with van der Waals surface area (Å²) < 4.78 is 15.6. The quantitative estimate of drug-likeness (QED) is 0.431. The molecule has 0 aromatic carbocycles. The first-order chi connectivity index (χ1) is 16.1. The summed E-state index contributed by atoms with van der Waals surface area (Å²) in [4.78, 5) is 21.5. The highest BCUT2D eigenvalue weighted by molar-refractivity contribution is 5.80. The summed E-state index contributed by atoms with van der Waals surface area (Å²) in [5.74, 6) is 0.824. The fourth-order valence-corrected chi connectivity index (χ4v) is 4.59. The van der Waals surface area contributed by atoms with Crippen molar-refractivity contribution in [2.24, 2.45) is 0 Å². The van der Waals surface area contributed by atoms with Crippen LogP contribution in [0.5, 0.6) is 0 Å². The summed E-state index contributed by atoms with van der Waals surface area (Å²) in [6.07, 6.45) is 9.11. The number of aryl methyl sites for hydroxylation is 1. The third-order valence-electron chi connectivity index (χ3n) is 6.25. The fourth-order valence-electron chi connectivity index (χ4n) is 4.59. The fraction of sp³-hybridized carbons (Fsp3) is 0.292. The monoisotopic (exact) mass is 442 g/mol. The van der Waals surface area contributed by atoms with Crippen molar-refractivity contribution in [1.29, 1.82) is 0 Å². The van der Waals surface area contributed by atoms with Crippen LogP contribution in [-0.2, 0) is 12.8 Å². The van der Waals surface area contributed by atoms with Crippen LogP contribution in [0.25, 0.3) is 28.1 Å². The van der Waals surface area contributed by atoms with Gasteiger partial charge in [-0.15, -0.1) is 0 Å². The van der Waals surface area contributed by atoms with Crippen molar-refractivity contribution in [3.8, 4) is 11.4 Å². The van der Waals surface area contributed by atoms with Gasteiger partial charge in [-0.1, -0.05) is 13.8 Å². The van der Waals surface area contributed by atoms with Crippen molar-refractivity contribution in [3.05, 3.63) is 65.6 Å². The van der Waals surface area contributed by atoms with E-state index >= 15 is 0 Å². The van der Waals surface area contributed by atoms with Crippen LogP contribution in [0.4, 0.5) is 10.3 Å². The van der Waals surface area contributed by atoms with Gasteiger partial charge in [0.25, 0.3) is 0 Å². The van der Waals surface area contributed by atoms with Crippen molar-refractivity contribution < 1.29 is 4.39 Å². The van der Waals surface area contributed by atoms with E-state index in [0.717, 1.165) is 35.9 Å². The van der Waals surface area contributed by atoms with Gasteiger partial charge < -0.3 is 10.3 Å². The summed E-state index contributed by atoms with van der Waals surface area (Å²) in [6, 6.07) is 5.57. The molecular weight excluding hydrogens is 419 g/mol. The highest BCUT2D eigenvalue weighted by atomic mass is 19.1. The molecule has 8 nitrogen and oxygen atoms in total. The van der Waals surface area contributed by atoms with E-state index in [-0.39, 0.29) is 12.0 Å². The topological polar surface area (TPSA) is 96.7 Å². The van der Waals surface area contributed by atoms with Crippen molar-refractivity contribution >= 4 is 22.6 Å². The second-order valence-electron chi connectivity index (χ2n) is 8.82. The van der Waals surface area contributed by atoms with Crippen LogP contribution in [0.15, 0.2) is 43.0 Å². The molecule has 1 atom stereocenters. The number of H-pyrrole nitrogens is 1. The van der Waals surface area contributed by atoms with Gasteiger partial charge in [0.1, 0.15) is 5.82 Å². The first-order valence-corrected chi connectivity index (χ1v) is 11.1. The molecule has 5 aromatic rings. The van der Waals surface area contributed by atoms with E-state index < -0.39 is 5.82 Å². The Morgan fingerprint density at radius 1 is 1.21 bits per heavy atom. The minimum atomic E-state index is -0.422. The average molecular weight is 443 g/mol. The number of hydrogen-bond acceptors (Lipinski definition) is 6. The Hall–Kier alpha value is -3.88. The summed E-state index contributed by atoms with van der Waals surface area (Å²) in [6.45, 7) is 4.20. The largest absolute Gasteiger partial charge is 0.357 e. The van der Waals surface area contributed by atoms with Crippen molar-refractivity contribution in [3.63, 3.8) is 0 Å². The standard InChI is InChI=1S/C24H23FN8/c1-13(2)18-12-28-33-23(18)31-22(14-8-15(25)11-26-10-14)32-24(33)29-16-5-6-19-17(9-16)21-20(30-19)4-3-7-27-21/h3-4,7-8,10-13,16,30H,5-6,9H2,1-2H3,(H,29,31,32)/t16-/m1/s1. The normalized spacial score (nSPS) is 15.9. The molecular formula is C24H23FN8. The van der Waals surface area contributed by atoms with Crippen LogP contribution in [0.2, 0.25) is 0 Å². The highest BCUT2D eigenvalue weighted by Gasteiger charge is 2.25. The van der Waals surface area contributed by atoms with Gasteiger partial charge in [0, 0.05) is 40.8 Å². The van der Waals surface area contributed by atoms with E-state index in [2.05, 4.69) is 45.3 Å². The molecule has 33 heavy (non-hydrogen) atoms. The molecule has 5 aromatic heterocycles. The maximum atomic E-state index is 13.9. The molecule has 6 rings (SSSR count). The molecule has 0 fully saturated rings. The first kappa shape index (κ1) is 19.8. The number of fused-ring (bicyclic) bond motifs is 4. The van der Waals surface area contributed by atoms with Crippen LogP contribution in [0, 0.1) is 5.82 Å². The van der Waals surface area contributed by atoms with Gasteiger partial charge in [0.2, 0.25) is 5.95 Å². The number of aromatic amines is 1. The second kappa shape index (κ2) is 7.61. The Bertz CT molecular complexity index is 1480. The number of aromatic nitrogens is 7. The Kier molecular flexibility index (Phi) is 4.56. The molecule has 1 aliphatic rings. The second-order valence-corrected chi connectivity index (χ2v) is 8.82. The summed E-state index contributed by atoms with van der Waals surface area (Å²) in [5.41, 5.74) is 6.86. The van der Waals surface area contributed by atoms with Gasteiger partial charge in [-0.05, 0) is 43.4 Å². The molecule has 0 spiro atoms. The Morgan fingerprint density at radius 3 is 2.97 bits per heavy atom. The van der Waals surface area contributed by atoms with Gasteiger partial charge in [0.05, 0.1) is 23.4 Å². The highest BCUT2D eigenvalue weighted by Crippen LogP contribution is 2.30. The lowest BCUT2D eigenvalue weighted by Gasteiger charge is -2.24. The number of nitrogens with one attached hydrogen (secondary N) is 2. The van der Waals surface area contributed by atoms with Gasteiger partial charge >= 0.3 is 0 Å². The number of pyridine rings is 2. The van der Waals surface area contributed by atoms with E-state index in [1.807, 2.05) is 18.5 Å². The van der Waals surface area contributed by atoms with Crippen LogP contribution in [0.3, 0.4) is 0 Å². The molecule has 5 heterocycles. The lowest BCUT2D eigenvalue weighted by molar-refractivity contribution is 0.599. The van der Waals surface area contributed by atoms with Gasteiger partial charge in [0.15, 0.2) is 11.5 Å². The minimum Gasteiger partial charge on any atom is -0.357 e. The number of hydrogen-bond donors (Lipinski definition) is 2. The molecule has 0 bridgehead atoms. The summed E-state index contributed by atoms with van der Waals surface area (Å²) in [7, 11) is 0. The van der Waals surface area contributed by atoms with Crippen LogP contribution < -0.4 is 5.32 Å². The molecule has 0 saturated carbocycles. The maximum Gasteiger partial charge on any atom is 0.228 e. The number of halogens is 1. The predicted octanol–water partition coefficient (Wildman–Crippen LogP) is 4.29. The van der Waals surface area contributed by atoms with Crippen LogP contribution in [0.1, 0.15) is 43.0 Å². The Balaban J connectivity index is 1.41. The van der Waals surface area contributed by atoms with Crippen molar-refractivity contribution in [2.75, 3.05) is 5.32 Å². The van der Waals surface area contributed by atoms with Gasteiger partial charge in [-0.3, -0.25) is 9.97 Å². The molecule has 166 valence electrons. The first-order valence-electron chi connectivity index (χ1n) is 11.1. The minimum absolute atomic E-state index is 0.154. The van der Waals surface area contributed by atoms with Crippen molar-refractivity contribution in [1.82, 2.24) is 34.5 Å². The molecule has 1 aliphatic carbocycles. The SMILES string of the molecule is CC(C)c1cnn2c(N[C@@H]3CCc4[nH]c5cccnc5c4C3)nc(-c3cncc(F)c3)nc12. The van der Waals surface area contributed by atoms with Gasteiger partial charge in [-0.2, -0.15) is 14.6 Å². The van der Waals surface area contributed by atoms with E-state index in [9.17, 15) is 4.39 Å². The van der Waals surface area contributed by atoms with E-state index in [0.29, 0.717) is 23.0 Å². The van der Waals surface area contributed by atoms with Crippen molar-refractivity contribution in [2.45, 2.75) is 45.1 Å². The molecule has 9 heteroatoms. The van der Waals surface area contributed by atoms with E-state index in [1.54, 1.807) is 10.7 Å². The molecule has 2 N–H and O–H groups in total. The molecule has 0 unspecified atom stereocenters. The zero-order chi connectivity index (χ0) is 22.5. The third kappa shape index (κ3) is 3.40. The van der Waals surface area contributed by atoms with Gasteiger partial charge in [-0.25, -0.2) is 9.37 Å². The smallest absolute Gasteiger partial charge is 0.228 e. The lowest BCUT2D eigenvalue weighted by atomic mass is 9.93. The number of rotatable bonds is 4. The molecule has 0 radical (unpaired) electrons. The molecule has 0 aliphatic heterocycles. The molecule has 0 saturated heterocycles. The molecule has 0 amide bonds. The van der Waals surface area contributed by atoms with Crippen LogP contribution >= 0.6 is 0 Å². The summed E-state index contributed by atoms with van der Waals surface area (Å²) in [5, 5.41) is 8.15. The predicted molar refractivity (Wildman–Crippen MR) is 124 cm³/mol. The zero-order valence-electron chi connectivity index (χ0n) is 18.4. The number of anilines is 1. The van der Waals surface area contributed by atoms with E-state index in [1.165, 1.54) is 23.5 Å². The Morgan fingerprint density at radius 2 is 2.12 bits per heavy atom.